The smallest absolute Gasteiger partial charge is 0.370 e. The van der Waals surface area contributed by atoms with Crippen LogP contribution in [0, 0.1) is 24.5 Å². The van der Waals surface area contributed by atoms with Crippen molar-refractivity contribution in [1.29, 1.82) is 0 Å². The molecule has 3 aromatic rings. The zero-order chi connectivity index (χ0) is 33.2. The number of halogens is 5. The first kappa shape index (κ1) is 33.2. The van der Waals surface area contributed by atoms with Gasteiger partial charge in [0.25, 0.3) is 5.91 Å². The number of hydrogen-bond acceptors (Lipinski definition) is 5. The maximum atomic E-state index is 15.1. The van der Waals surface area contributed by atoms with E-state index < -0.39 is 41.1 Å². The molecule has 1 aromatic heterocycles. The second-order valence-electron chi connectivity index (χ2n) is 11.7. The minimum absolute atomic E-state index is 0.0218. The largest absolute Gasteiger partial charge is 0.471 e. The number of amides is 2. The zero-order valence-electron chi connectivity index (χ0n) is 25.9. The van der Waals surface area contributed by atoms with Crippen LogP contribution >= 0.6 is 0 Å². The van der Waals surface area contributed by atoms with Crippen molar-refractivity contribution in [3.8, 4) is 11.1 Å². The van der Waals surface area contributed by atoms with Gasteiger partial charge in [0.1, 0.15) is 23.4 Å². The molecular weight excluding hydrogens is 605 g/mol. The molecule has 2 heterocycles. The molecule has 1 aliphatic carbocycles. The summed E-state index contributed by atoms with van der Waals surface area (Å²) >= 11 is 0. The molecule has 46 heavy (non-hydrogen) atoms. The van der Waals surface area contributed by atoms with Gasteiger partial charge in [-0.15, -0.1) is 0 Å². The number of aliphatic imine (C=N–C) groups is 1. The highest BCUT2D eigenvalue weighted by Gasteiger charge is 2.44. The Morgan fingerprint density at radius 2 is 1.72 bits per heavy atom. The summed E-state index contributed by atoms with van der Waals surface area (Å²) in [5.74, 6) is -5.80. The average Bonchev–Trinajstić information content (AvgIpc) is 3.84. The molecule has 0 bridgehead atoms. The zero-order valence-corrected chi connectivity index (χ0v) is 25.9. The standard InChI is InChI=1S/C34H36F5N5O2/c1-4-43(5-2)15-7-14-40-28-17-24(25-18-41-32(45)30(31(25)42-28)29-26(35)8-6-9-27(29)36)23-16-22(13-10-20(23)3)44(19-21-11-12-21)33(46)34(37,38)39/h6,8-10,13,16-18,21,30H,4-5,7,11-12,14-15,19H2,1-3H3,(H,40,42). The van der Waals surface area contributed by atoms with Gasteiger partial charge in [-0.05, 0) is 98.8 Å². The number of carbonyl (C=O) groups is 2. The second-order valence-corrected chi connectivity index (χ2v) is 11.7. The van der Waals surface area contributed by atoms with Gasteiger partial charge in [0, 0.05) is 36.1 Å². The number of rotatable bonds is 12. The minimum Gasteiger partial charge on any atom is -0.370 e. The molecule has 1 aliphatic heterocycles. The van der Waals surface area contributed by atoms with E-state index in [9.17, 15) is 22.8 Å². The molecule has 1 saturated carbocycles. The van der Waals surface area contributed by atoms with E-state index in [-0.39, 0.29) is 23.8 Å². The molecule has 1 fully saturated rings. The lowest BCUT2D eigenvalue weighted by Crippen LogP contribution is -2.42. The van der Waals surface area contributed by atoms with E-state index in [0.717, 1.165) is 55.9 Å². The molecule has 1 atom stereocenters. The third-order valence-corrected chi connectivity index (χ3v) is 8.52. The highest BCUT2D eigenvalue weighted by molar-refractivity contribution is 6.06. The number of benzene rings is 2. The van der Waals surface area contributed by atoms with Crippen molar-refractivity contribution in [2.24, 2.45) is 10.9 Å². The van der Waals surface area contributed by atoms with E-state index in [1.54, 1.807) is 19.1 Å². The number of fused-ring (bicyclic) bond motifs is 1. The third kappa shape index (κ3) is 7.11. The minimum atomic E-state index is -5.07. The second kappa shape index (κ2) is 13.7. The fourth-order valence-electron chi connectivity index (χ4n) is 5.75. The summed E-state index contributed by atoms with van der Waals surface area (Å²) in [7, 11) is 0. The molecule has 0 saturated heterocycles. The number of carbonyl (C=O) groups excluding carboxylic acids is 2. The molecule has 5 rings (SSSR count). The number of aromatic nitrogens is 1. The van der Waals surface area contributed by atoms with Crippen molar-refractivity contribution in [3.63, 3.8) is 0 Å². The summed E-state index contributed by atoms with van der Waals surface area (Å²) in [5.41, 5.74) is 1.52. The number of anilines is 2. The number of aryl methyl sites for hydroxylation is 1. The van der Waals surface area contributed by atoms with Gasteiger partial charge >= 0.3 is 12.1 Å². The van der Waals surface area contributed by atoms with Gasteiger partial charge in [-0.1, -0.05) is 26.0 Å². The van der Waals surface area contributed by atoms with Crippen molar-refractivity contribution in [3.05, 3.63) is 76.5 Å². The van der Waals surface area contributed by atoms with Crippen LogP contribution < -0.4 is 10.2 Å². The normalized spacial score (nSPS) is 16.1. The molecular formula is C34H36F5N5O2. The average molecular weight is 642 g/mol. The molecule has 1 unspecified atom stereocenters. The first-order valence-electron chi connectivity index (χ1n) is 15.5. The van der Waals surface area contributed by atoms with E-state index in [2.05, 4.69) is 34.0 Å². The van der Waals surface area contributed by atoms with Crippen molar-refractivity contribution in [1.82, 2.24) is 9.88 Å². The summed E-state index contributed by atoms with van der Waals surface area (Å²) in [5, 5.41) is 3.26. The fraction of sp³-hybridized carbons (Fsp3) is 0.412. The summed E-state index contributed by atoms with van der Waals surface area (Å²) in [6.07, 6.45) is -1.57. The first-order chi connectivity index (χ1) is 21.9. The van der Waals surface area contributed by atoms with Crippen LogP contribution in [-0.2, 0) is 9.59 Å². The Morgan fingerprint density at radius 1 is 1.02 bits per heavy atom. The van der Waals surface area contributed by atoms with Crippen LogP contribution in [0.25, 0.3) is 11.1 Å². The van der Waals surface area contributed by atoms with Gasteiger partial charge in [-0.25, -0.2) is 18.8 Å². The summed E-state index contributed by atoms with van der Waals surface area (Å²) < 4.78 is 71.2. The van der Waals surface area contributed by atoms with Gasteiger partial charge in [0.15, 0.2) is 0 Å². The summed E-state index contributed by atoms with van der Waals surface area (Å²) in [6.45, 7) is 8.92. The lowest BCUT2D eigenvalue weighted by molar-refractivity contribution is -0.170. The monoisotopic (exact) mass is 641 g/mol. The number of hydrogen-bond donors (Lipinski definition) is 1. The van der Waals surface area contributed by atoms with E-state index in [1.807, 2.05) is 0 Å². The maximum Gasteiger partial charge on any atom is 0.471 e. The molecule has 7 nitrogen and oxygen atoms in total. The van der Waals surface area contributed by atoms with Gasteiger partial charge in [0.05, 0.1) is 5.69 Å². The van der Waals surface area contributed by atoms with Crippen LogP contribution in [0.5, 0.6) is 0 Å². The van der Waals surface area contributed by atoms with Crippen molar-refractivity contribution < 1.29 is 31.5 Å². The van der Waals surface area contributed by atoms with Gasteiger partial charge in [-0.3, -0.25) is 9.59 Å². The Kier molecular flexibility index (Phi) is 9.85. The summed E-state index contributed by atoms with van der Waals surface area (Å²) in [4.78, 5) is 37.3. The van der Waals surface area contributed by atoms with E-state index in [0.29, 0.717) is 34.6 Å². The number of pyridine rings is 1. The fourth-order valence-corrected chi connectivity index (χ4v) is 5.75. The van der Waals surface area contributed by atoms with Crippen LogP contribution in [0.4, 0.5) is 33.5 Å². The lowest BCUT2D eigenvalue weighted by Gasteiger charge is -2.26. The summed E-state index contributed by atoms with van der Waals surface area (Å²) in [6, 6.07) is 9.60. The van der Waals surface area contributed by atoms with Crippen molar-refractivity contribution in [2.45, 2.75) is 52.1 Å². The molecule has 0 spiro atoms. The highest BCUT2D eigenvalue weighted by Crippen LogP contribution is 2.41. The Labute approximate surface area is 264 Å². The highest BCUT2D eigenvalue weighted by atomic mass is 19.4. The maximum absolute atomic E-state index is 15.1. The van der Waals surface area contributed by atoms with Crippen LogP contribution in [-0.4, -0.2) is 66.8 Å². The number of nitrogens with zero attached hydrogens (tertiary/aromatic N) is 4. The third-order valence-electron chi connectivity index (χ3n) is 8.52. The van der Waals surface area contributed by atoms with Gasteiger partial charge < -0.3 is 15.1 Å². The Hall–Kier alpha value is -4.19. The van der Waals surface area contributed by atoms with E-state index in [4.69, 9.17) is 0 Å². The predicted octanol–water partition coefficient (Wildman–Crippen LogP) is 6.88. The van der Waals surface area contributed by atoms with Crippen LogP contribution in [0.1, 0.15) is 61.4 Å². The van der Waals surface area contributed by atoms with Crippen molar-refractivity contribution >= 4 is 29.5 Å². The SMILES string of the molecule is CCN(CC)CCCNc1cc(-c2cc(N(CC3CC3)C(=O)C(F)(F)F)ccc2C)c2c(n1)C(c1c(F)cccc1F)C(=O)N=C2. The molecule has 2 amide bonds. The van der Waals surface area contributed by atoms with Crippen molar-refractivity contribution in [2.75, 3.05) is 42.9 Å². The molecule has 244 valence electrons. The Morgan fingerprint density at radius 3 is 2.35 bits per heavy atom. The molecule has 2 aliphatic rings. The predicted molar refractivity (Wildman–Crippen MR) is 167 cm³/mol. The van der Waals surface area contributed by atoms with E-state index in [1.165, 1.54) is 24.4 Å². The molecule has 1 N–H and O–H groups in total. The van der Waals surface area contributed by atoms with Gasteiger partial charge in [-0.2, -0.15) is 13.2 Å². The Balaban J connectivity index is 1.64. The lowest BCUT2D eigenvalue weighted by atomic mass is 9.85. The molecule has 12 heteroatoms. The van der Waals surface area contributed by atoms with Crippen LogP contribution in [0.3, 0.4) is 0 Å². The van der Waals surface area contributed by atoms with E-state index >= 15 is 8.78 Å². The van der Waals surface area contributed by atoms with Gasteiger partial charge in [0.2, 0.25) is 0 Å². The quantitative estimate of drug-likeness (QED) is 0.173. The number of nitrogens with one attached hydrogen (secondary N) is 1. The van der Waals surface area contributed by atoms with Crippen LogP contribution in [0.2, 0.25) is 0 Å². The topological polar surface area (TPSA) is 77.9 Å². The molecule has 0 radical (unpaired) electrons. The number of alkyl halides is 3. The van der Waals surface area contributed by atoms with Crippen LogP contribution in [0.15, 0.2) is 47.5 Å². The molecule has 2 aromatic carbocycles. The first-order valence-corrected chi connectivity index (χ1v) is 15.5. The Bertz CT molecular complexity index is 1630.